The summed E-state index contributed by atoms with van der Waals surface area (Å²) in [7, 11) is 2.15. The highest BCUT2D eigenvalue weighted by molar-refractivity contribution is 5.82. The van der Waals surface area contributed by atoms with Crippen LogP contribution in [-0.2, 0) is 4.79 Å². The molecule has 0 aromatic carbocycles. The van der Waals surface area contributed by atoms with Gasteiger partial charge < -0.3 is 16.0 Å². The SMILES string of the molecule is CN1CCN(C(C)(C)CNC(=O)C(C)(C)CN)CC1. The van der Waals surface area contributed by atoms with E-state index in [0.29, 0.717) is 13.1 Å². The maximum absolute atomic E-state index is 12.1. The van der Waals surface area contributed by atoms with Crippen molar-refractivity contribution in [1.29, 1.82) is 0 Å². The van der Waals surface area contributed by atoms with E-state index in [1.165, 1.54) is 0 Å². The summed E-state index contributed by atoms with van der Waals surface area (Å²) in [6, 6.07) is 0. The Balaban J connectivity index is 2.49. The highest BCUT2D eigenvalue weighted by atomic mass is 16.2. The van der Waals surface area contributed by atoms with E-state index in [-0.39, 0.29) is 11.4 Å². The topological polar surface area (TPSA) is 61.6 Å². The van der Waals surface area contributed by atoms with E-state index in [0.717, 1.165) is 26.2 Å². The largest absolute Gasteiger partial charge is 0.354 e. The van der Waals surface area contributed by atoms with Crippen LogP contribution >= 0.6 is 0 Å². The quantitative estimate of drug-likeness (QED) is 0.744. The van der Waals surface area contributed by atoms with Gasteiger partial charge in [-0.1, -0.05) is 0 Å². The molecule has 1 rings (SSSR count). The Morgan fingerprint density at radius 2 is 1.68 bits per heavy atom. The second-order valence-electron chi connectivity index (χ2n) is 6.87. The number of carbonyl (C=O) groups is 1. The van der Waals surface area contributed by atoms with E-state index in [1.54, 1.807) is 0 Å². The molecule has 0 saturated carbocycles. The average molecular weight is 270 g/mol. The molecule has 112 valence electrons. The van der Waals surface area contributed by atoms with Crippen LogP contribution in [0.5, 0.6) is 0 Å². The van der Waals surface area contributed by atoms with Gasteiger partial charge in [0.05, 0.1) is 5.41 Å². The molecule has 3 N–H and O–H groups in total. The summed E-state index contributed by atoms with van der Waals surface area (Å²) in [5.74, 6) is 0.0391. The predicted octanol–water partition coefficient (Wildman–Crippen LogP) is 0.114. The molecular weight excluding hydrogens is 240 g/mol. The number of carbonyl (C=O) groups excluding carboxylic acids is 1. The maximum atomic E-state index is 12.1. The standard InChI is InChI=1S/C14H30N4O/c1-13(2,10-15)12(19)16-11-14(3,4)18-8-6-17(5)7-9-18/h6-11,15H2,1-5H3,(H,16,19). The molecule has 5 heteroatoms. The number of hydrogen-bond acceptors (Lipinski definition) is 4. The molecule has 19 heavy (non-hydrogen) atoms. The third-order valence-electron chi connectivity index (χ3n) is 4.17. The first kappa shape index (κ1) is 16.4. The summed E-state index contributed by atoms with van der Waals surface area (Å²) in [6.07, 6.45) is 0. The second-order valence-corrected chi connectivity index (χ2v) is 6.87. The molecule has 0 radical (unpaired) electrons. The van der Waals surface area contributed by atoms with Crippen LogP contribution in [0.15, 0.2) is 0 Å². The second kappa shape index (κ2) is 6.20. The summed E-state index contributed by atoms with van der Waals surface area (Å²) in [5, 5.41) is 3.05. The molecule has 5 nitrogen and oxygen atoms in total. The summed E-state index contributed by atoms with van der Waals surface area (Å²) < 4.78 is 0. The molecule has 0 bridgehead atoms. The zero-order chi connectivity index (χ0) is 14.7. The molecule has 0 atom stereocenters. The number of piperazine rings is 1. The fourth-order valence-electron chi connectivity index (χ4n) is 2.15. The maximum Gasteiger partial charge on any atom is 0.226 e. The lowest BCUT2D eigenvalue weighted by atomic mass is 9.92. The minimum absolute atomic E-state index is 0.0123. The monoisotopic (exact) mass is 270 g/mol. The van der Waals surface area contributed by atoms with Gasteiger partial charge in [-0.3, -0.25) is 9.69 Å². The Hall–Kier alpha value is -0.650. The minimum atomic E-state index is -0.488. The highest BCUT2D eigenvalue weighted by Crippen LogP contribution is 2.17. The molecule has 1 fully saturated rings. The van der Waals surface area contributed by atoms with Crippen LogP contribution in [0.2, 0.25) is 0 Å². The van der Waals surface area contributed by atoms with E-state index in [9.17, 15) is 4.79 Å². The van der Waals surface area contributed by atoms with Crippen LogP contribution < -0.4 is 11.1 Å². The normalized spacial score (nSPS) is 19.5. The average Bonchev–Trinajstić information content (AvgIpc) is 2.36. The van der Waals surface area contributed by atoms with Gasteiger partial charge in [0, 0.05) is 44.8 Å². The summed E-state index contributed by atoms with van der Waals surface area (Å²) in [4.78, 5) is 16.8. The third kappa shape index (κ3) is 4.44. The Bertz CT molecular complexity index is 307. The summed E-state index contributed by atoms with van der Waals surface area (Å²) in [5.41, 5.74) is 5.13. The fourth-order valence-corrected chi connectivity index (χ4v) is 2.15. The molecule has 1 aliphatic rings. The van der Waals surface area contributed by atoms with Crippen LogP contribution in [-0.4, -0.2) is 67.6 Å². The van der Waals surface area contributed by atoms with E-state index in [1.807, 2.05) is 13.8 Å². The van der Waals surface area contributed by atoms with Gasteiger partial charge in [0.25, 0.3) is 0 Å². The van der Waals surface area contributed by atoms with Crippen molar-refractivity contribution in [2.75, 3.05) is 46.3 Å². The lowest BCUT2D eigenvalue weighted by Gasteiger charge is -2.43. The predicted molar refractivity (Wildman–Crippen MR) is 79.0 cm³/mol. The van der Waals surface area contributed by atoms with Crippen molar-refractivity contribution in [2.24, 2.45) is 11.1 Å². The lowest BCUT2D eigenvalue weighted by Crippen LogP contribution is -2.58. The van der Waals surface area contributed by atoms with Crippen molar-refractivity contribution in [3.8, 4) is 0 Å². The number of nitrogens with two attached hydrogens (primary N) is 1. The first-order valence-corrected chi connectivity index (χ1v) is 7.11. The zero-order valence-corrected chi connectivity index (χ0v) is 13.1. The van der Waals surface area contributed by atoms with Gasteiger partial charge in [0.1, 0.15) is 0 Å². The molecule has 0 unspecified atom stereocenters. The Labute approximate surface area is 117 Å². The molecule has 1 aliphatic heterocycles. The van der Waals surface area contributed by atoms with Crippen molar-refractivity contribution >= 4 is 5.91 Å². The number of nitrogens with one attached hydrogen (secondary N) is 1. The Morgan fingerprint density at radius 3 is 2.16 bits per heavy atom. The number of likely N-dealkylation sites (N-methyl/N-ethyl adjacent to an activating group) is 1. The van der Waals surface area contributed by atoms with Crippen LogP contribution in [0.1, 0.15) is 27.7 Å². The number of rotatable bonds is 5. The highest BCUT2D eigenvalue weighted by Gasteiger charge is 2.32. The van der Waals surface area contributed by atoms with Gasteiger partial charge >= 0.3 is 0 Å². The first-order valence-electron chi connectivity index (χ1n) is 7.11. The molecule has 1 amide bonds. The zero-order valence-electron chi connectivity index (χ0n) is 13.1. The van der Waals surface area contributed by atoms with Crippen LogP contribution in [0.3, 0.4) is 0 Å². The van der Waals surface area contributed by atoms with Crippen LogP contribution in [0, 0.1) is 5.41 Å². The van der Waals surface area contributed by atoms with Crippen molar-refractivity contribution in [2.45, 2.75) is 33.2 Å². The minimum Gasteiger partial charge on any atom is -0.354 e. The van der Waals surface area contributed by atoms with Gasteiger partial charge in [-0.15, -0.1) is 0 Å². The molecular formula is C14H30N4O. The molecule has 0 spiro atoms. The van der Waals surface area contributed by atoms with E-state index >= 15 is 0 Å². The van der Waals surface area contributed by atoms with E-state index in [4.69, 9.17) is 5.73 Å². The van der Waals surface area contributed by atoms with Crippen LogP contribution in [0.4, 0.5) is 0 Å². The van der Waals surface area contributed by atoms with Crippen molar-refractivity contribution in [3.05, 3.63) is 0 Å². The van der Waals surface area contributed by atoms with Gasteiger partial charge in [-0.25, -0.2) is 0 Å². The van der Waals surface area contributed by atoms with Crippen molar-refractivity contribution in [1.82, 2.24) is 15.1 Å². The number of hydrogen-bond donors (Lipinski definition) is 2. The van der Waals surface area contributed by atoms with Crippen molar-refractivity contribution in [3.63, 3.8) is 0 Å². The Kier molecular flexibility index (Phi) is 5.35. The van der Waals surface area contributed by atoms with E-state index < -0.39 is 5.41 Å². The Morgan fingerprint density at radius 1 is 1.16 bits per heavy atom. The van der Waals surface area contributed by atoms with Gasteiger partial charge in [-0.2, -0.15) is 0 Å². The molecule has 0 aliphatic carbocycles. The smallest absolute Gasteiger partial charge is 0.226 e. The number of nitrogens with zero attached hydrogens (tertiary/aromatic N) is 2. The molecule has 1 heterocycles. The molecule has 1 saturated heterocycles. The number of amides is 1. The third-order valence-corrected chi connectivity index (χ3v) is 4.17. The molecule has 0 aromatic heterocycles. The van der Waals surface area contributed by atoms with Gasteiger partial charge in [0.15, 0.2) is 0 Å². The summed E-state index contributed by atoms with van der Waals surface area (Å²) >= 11 is 0. The first-order chi connectivity index (χ1) is 8.69. The van der Waals surface area contributed by atoms with Crippen molar-refractivity contribution < 1.29 is 4.79 Å². The van der Waals surface area contributed by atoms with Crippen LogP contribution in [0.25, 0.3) is 0 Å². The fraction of sp³-hybridized carbons (Fsp3) is 0.929. The summed E-state index contributed by atoms with van der Waals surface area (Å²) in [6.45, 7) is 13.5. The van der Waals surface area contributed by atoms with Gasteiger partial charge in [0.2, 0.25) is 5.91 Å². The molecule has 0 aromatic rings. The van der Waals surface area contributed by atoms with Gasteiger partial charge in [-0.05, 0) is 34.7 Å². The van der Waals surface area contributed by atoms with E-state index in [2.05, 4.69) is 36.0 Å². The lowest BCUT2D eigenvalue weighted by molar-refractivity contribution is -0.129.